The number of hydrogen-bond acceptors (Lipinski definition) is 9. The SMILES string of the molecule is COc1ccc(-c2cc(C(=O)N3C[C@H]4CN5C(=O)[C@H](CC(=O)OC(C)(C)C)CCCCC/C=C\[C@@H]6C[C@@]6(C(=O)O)NC(=O)[C@@H]5[C@H]4C3)nc3cc(OC)ccc23)cc1. The highest BCUT2D eigenvalue weighted by Gasteiger charge is 2.62. The Kier molecular flexibility index (Phi) is 11.0. The number of amides is 3. The Balaban J connectivity index is 1.20. The van der Waals surface area contributed by atoms with Crippen LogP contribution in [0.4, 0.5) is 0 Å². The number of likely N-dealkylation sites (tertiary alicyclic amines) is 1. The number of carbonyl (C=O) groups excluding carboxylic acids is 4. The molecular weight excluding hydrogens is 729 g/mol. The van der Waals surface area contributed by atoms with E-state index in [1.54, 1.807) is 56.9 Å². The molecule has 2 N–H and O–H groups in total. The van der Waals surface area contributed by atoms with E-state index in [2.05, 4.69) is 5.32 Å². The van der Waals surface area contributed by atoms with Gasteiger partial charge in [-0.25, -0.2) is 9.78 Å². The number of fused-ring (bicyclic) bond motifs is 5. The second-order valence-electron chi connectivity index (χ2n) is 16.9. The van der Waals surface area contributed by atoms with Crippen LogP contribution in [0.5, 0.6) is 11.5 Å². The summed E-state index contributed by atoms with van der Waals surface area (Å²) in [6.45, 7) is 5.93. The number of nitrogens with one attached hydrogen (secondary N) is 1. The van der Waals surface area contributed by atoms with Crippen molar-refractivity contribution in [1.82, 2.24) is 20.1 Å². The van der Waals surface area contributed by atoms with Crippen molar-refractivity contribution in [3.63, 3.8) is 0 Å². The van der Waals surface area contributed by atoms with Gasteiger partial charge in [-0.15, -0.1) is 0 Å². The zero-order chi connectivity index (χ0) is 40.6. The maximum Gasteiger partial charge on any atom is 0.330 e. The lowest BCUT2D eigenvalue weighted by molar-refractivity contribution is -0.159. The summed E-state index contributed by atoms with van der Waals surface area (Å²) in [6.07, 6.45) is 7.55. The monoisotopic (exact) mass is 780 g/mol. The maximum absolute atomic E-state index is 14.6. The Morgan fingerprint density at radius 2 is 1.68 bits per heavy atom. The van der Waals surface area contributed by atoms with Crippen LogP contribution in [0.3, 0.4) is 0 Å². The van der Waals surface area contributed by atoms with Crippen LogP contribution in [-0.2, 0) is 23.9 Å². The molecule has 13 nitrogen and oxygen atoms in total. The highest BCUT2D eigenvalue weighted by molar-refractivity contribution is 6.02. The highest BCUT2D eigenvalue weighted by Crippen LogP contribution is 2.46. The molecule has 57 heavy (non-hydrogen) atoms. The normalized spacial score (nSPS) is 26.9. The third-order valence-electron chi connectivity index (χ3n) is 11.9. The van der Waals surface area contributed by atoms with Crippen molar-refractivity contribution in [1.29, 1.82) is 0 Å². The lowest BCUT2D eigenvalue weighted by atomic mass is 9.92. The van der Waals surface area contributed by atoms with Crippen molar-refractivity contribution in [2.24, 2.45) is 23.7 Å². The number of aromatic nitrogens is 1. The van der Waals surface area contributed by atoms with Crippen LogP contribution in [0.15, 0.2) is 60.7 Å². The molecule has 0 spiro atoms. The molecule has 1 aliphatic carbocycles. The van der Waals surface area contributed by atoms with E-state index >= 15 is 0 Å². The third kappa shape index (κ3) is 8.20. The first kappa shape index (κ1) is 39.8. The molecule has 1 aromatic heterocycles. The number of carboxylic acid groups (broad SMARTS) is 1. The summed E-state index contributed by atoms with van der Waals surface area (Å²) in [5, 5.41) is 14.0. The number of aliphatic carboxylic acids is 1. The molecule has 6 atom stereocenters. The zero-order valence-electron chi connectivity index (χ0n) is 33.3. The van der Waals surface area contributed by atoms with E-state index in [1.807, 2.05) is 48.6 Å². The molecule has 302 valence electrons. The Morgan fingerprint density at radius 3 is 2.39 bits per heavy atom. The molecule has 3 amide bonds. The average Bonchev–Trinajstić information content (AvgIpc) is 3.53. The van der Waals surface area contributed by atoms with Crippen LogP contribution in [0.2, 0.25) is 0 Å². The Morgan fingerprint density at radius 1 is 0.947 bits per heavy atom. The third-order valence-corrected chi connectivity index (χ3v) is 11.9. The number of ether oxygens (including phenoxy) is 3. The molecule has 3 aromatic rings. The Hall–Kier alpha value is -5.46. The number of carboxylic acids is 1. The standard InChI is InChI=1S/C44H52N4O9/c1-43(2,3)57-37(49)19-27-11-9-7-6-8-10-12-29-22-44(29,42(53)54)46-39(50)38-34-25-47(23-28(34)24-48(38)40(27)51)41(52)36-21-33(26-13-15-30(55-4)16-14-26)32-18-17-31(56-5)20-35(32)45-36/h10,12-18,20-21,27-29,34,38H,6-9,11,19,22-25H2,1-5H3,(H,46,50)(H,53,54)/b12-10-/t27-,28-,29+,34-,38-,44+/m0/s1. The fourth-order valence-electron chi connectivity index (χ4n) is 8.87. The summed E-state index contributed by atoms with van der Waals surface area (Å²) in [4.78, 5) is 77.3. The van der Waals surface area contributed by atoms with Crippen molar-refractivity contribution in [3.05, 3.63) is 66.4 Å². The van der Waals surface area contributed by atoms with Crippen molar-refractivity contribution in [3.8, 4) is 22.6 Å². The molecule has 7 rings (SSSR count). The first-order valence-corrected chi connectivity index (χ1v) is 19.9. The second kappa shape index (κ2) is 15.8. The van der Waals surface area contributed by atoms with E-state index in [-0.39, 0.29) is 61.8 Å². The van der Waals surface area contributed by atoms with Gasteiger partial charge in [-0.05, 0) is 87.9 Å². The van der Waals surface area contributed by atoms with Crippen LogP contribution in [-0.4, -0.2) is 101 Å². The van der Waals surface area contributed by atoms with Crippen LogP contribution in [0, 0.1) is 23.7 Å². The van der Waals surface area contributed by atoms with Crippen molar-refractivity contribution >= 4 is 40.6 Å². The molecule has 4 heterocycles. The lowest BCUT2D eigenvalue weighted by Gasteiger charge is -2.32. The fourth-order valence-corrected chi connectivity index (χ4v) is 8.87. The molecule has 3 aliphatic heterocycles. The average molecular weight is 781 g/mol. The largest absolute Gasteiger partial charge is 0.497 e. The van der Waals surface area contributed by atoms with Crippen molar-refractivity contribution in [2.45, 2.75) is 82.9 Å². The van der Waals surface area contributed by atoms with E-state index in [0.29, 0.717) is 29.9 Å². The van der Waals surface area contributed by atoms with Gasteiger partial charge in [0.2, 0.25) is 11.8 Å². The summed E-state index contributed by atoms with van der Waals surface area (Å²) < 4.78 is 16.5. The van der Waals surface area contributed by atoms with Gasteiger partial charge in [-0.2, -0.15) is 0 Å². The van der Waals surface area contributed by atoms with Gasteiger partial charge in [-0.3, -0.25) is 19.2 Å². The van der Waals surface area contributed by atoms with Gasteiger partial charge in [0.05, 0.1) is 26.2 Å². The minimum Gasteiger partial charge on any atom is -0.497 e. The van der Waals surface area contributed by atoms with Gasteiger partial charge in [-0.1, -0.05) is 37.1 Å². The van der Waals surface area contributed by atoms with Gasteiger partial charge in [0.15, 0.2) is 0 Å². The predicted octanol–water partition coefficient (Wildman–Crippen LogP) is 5.65. The molecule has 0 unspecified atom stereocenters. The van der Waals surface area contributed by atoms with Gasteiger partial charge < -0.3 is 34.4 Å². The molecule has 13 heteroatoms. The Bertz CT molecular complexity index is 2090. The number of carbonyl (C=O) groups is 5. The number of benzene rings is 2. The topological polar surface area (TPSA) is 165 Å². The lowest BCUT2D eigenvalue weighted by Crippen LogP contribution is -2.56. The van der Waals surface area contributed by atoms with E-state index < -0.39 is 46.9 Å². The zero-order valence-corrected chi connectivity index (χ0v) is 33.3. The number of allylic oxidation sites excluding steroid dienone is 1. The summed E-state index contributed by atoms with van der Waals surface area (Å²) >= 11 is 0. The predicted molar refractivity (Wildman–Crippen MR) is 211 cm³/mol. The molecule has 2 aromatic carbocycles. The minimum absolute atomic E-state index is 0.128. The molecule has 2 saturated heterocycles. The molecular formula is C44H52N4O9. The first-order valence-electron chi connectivity index (χ1n) is 19.9. The van der Waals surface area contributed by atoms with Gasteiger partial charge >= 0.3 is 11.9 Å². The van der Waals surface area contributed by atoms with E-state index in [0.717, 1.165) is 35.8 Å². The molecule has 4 aliphatic rings. The second-order valence-corrected chi connectivity index (χ2v) is 16.9. The van der Waals surface area contributed by atoms with Crippen molar-refractivity contribution < 1.29 is 43.3 Å². The summed E-state index contributed by atoms with van der Waals surface area (Å²) in [6, 6.07) is 13.8. The number of hydrogen-bond donors (Lipinski definition) is 2. The number of esters is 1. The highest BCUT2D eigenvalue weighted by atomic mass is 16.6. The summed E-state index contributed by atoms with van der Waals surface area (Å²) in [7, 11) is 3.17. The van der Waals surface area contributed by atoms with Crippen LogP contribution in [0.1, 0.15) is 76.2 Å². The molecule has 1 saturated carbocycles. The number of pyridine rings is 1. The molecule has 3 fully saturated rings. The fraction of sp³-hybridized carbons (Fsp3) is 0.500. The van der Waals surface area contributed by atoms with Gasteiger partial charge in [0, 0.05) is 54.8 Å². The van der Waals surface area contributed by atoms with Crippen LogP contribution < -0.4 is 14.8 Å². The van der Waals surface area contributed by atoms with E-state index in [1.165, 1.54) is 0 Å². The Labute approximate surface area is 332 Å². The first-order chi connectivity index (χ1) is 27.2. The summed E-state index contributed by atoms with van der Waals surface area (Å²) in [5.74, 6) is -3.37. The van der Waals surface area contributed by atoms with Gasteiger partial charge in [0.1, 0.15) is 34.4 Å². The molecule has 0 radical (unpaired) electrons. The number of rotatable bonds is 7. The quantitative estimate of drug-likeness (QED) is 0.226. The number of nitrogens with zero attached hydrogens (tertiary/aromatic N) is 3. The maximum atomic E-state index is 14.6. The van der Waals surface area contributed by atoms with Crippen molar-refractivity contribution in [2.75, 3.05) is 33.9 Å². The van der Waals surface area contributed by atoms with E-state index in [4.69, 9.17) is 19.2 Å². The number of methoxy groups -OCH3 is 2. The van der Waals surface area contributed by atoms with Crippen LogP contribution in [0.25, 0.3) is 22.0 Å². The minimum atomic E-state index is -1.47. The van der Waals surface area contributed by atoms with E-state index in [9.17, 15) is 29.1 Å². The smallest absolute Gasteiger partial charge is 0.330 e. The van der Waals surface area contributed by atoms with Crippen LogP contribution >= 0.6 is 0 Å². The summed E-state index contributed by atoms with van der Waals surface area (Å²) in [5.41, 5.74) is 0.251. The van der Waals surface area contributed by atoms with Gasteiger partial charge in [0.25, 0.3) is 5.91 Å². The molecule has 0 bridgehead atoms.